The Hall–Kier alpha value is -0.940. The second-order valence-corrected chi connectivity index (χ2v) is 3.56. The zero-order valence-corrected chi connectivity index (χ0v) is 9.12. The van der Waals surface area contributed by atoms with E-state index in [1.807, 2.05) is 12.1 Å². The van der Waals surface area contributed by atoms with Gasteiger partial charge in [0.25, 0.3) is 0 Å². The molecule has 0 N–H and O–H groups in total. The predicted molar refractivity (Wildman–Crippen MR) is 57.9 cm³/mol. The third kappa shape index (κ3) is 1.33. The Balaban J connectivity index is 2.67. The quantitative estimate of drug-likeness (QED) is 0.608. The van der Waals surface area contributed by atoms with Gasteiger partial charge in [-0.25, -0.2) is 0 Å². The molecule has 0 unspecified atom stereocenters. The number of rotatable bonds is 1. The predicted octanol–water partition coefficient (Wildman–Crippen LogP) is 2.07. The molecule has 0 fully saturated rings. The number of nitrogens with zero attached hydrogens (tertiary/aromatic N) is 1. The van der Waals surface area contributed by atoms with Crippen molar-refractivity contribution in [2.24, 2.45) is 0 Å². The zero-order chi connectivity index (χ0) is 8.39. The third-order valence-electron chi connectivity index (χ3n) is 2.02. The average molecular weight is 177 g/mol. The van der Waals surface area contributed by atoms with Gasteiger partial charge in [0, 0.05) is 0 Å². The molecule has 62 valence electrons. The molecule has 0 aliphatic carbocycles. The molecular weight excluding hydrogens is 165 g/mol. The maximum absolute atomic E-state index is 4.53. The molecule has 0 saturated carbocycles. The van der Waals surface area contributed by atoms with E-state index in [1.165, 1.54) is 20.3 Å². The summed E-state index contributed by atoms with van der Waals surface area (Å²) < 4.78 is 0. The minimum absolute atomic E-state index is 1.12. The van der Waals surface area contributed by atoms with Crippen LogP contribution in [0.25, 0.3) is 10.9 Å². The van der Waals surface area contributed by atoms with Gasteiger partial charge in [0.05, 0.1) is 0 Å². The van der Waals surface area contributed by atoms with Gasteiger partial charge in [-0.05, 0) is 0 Å². The summed E-state index contributed by atoms with van der Waals surface area (Å²) in [7, 11) is 1.19. The van der Waals surface area contributed by atoms with Gasteiger partial charge in [-0.15, -0.1) is 0 Å². The number of pyridine rings is 1. The van der Waals surface area contributed by atoms with Crippen LogP contribution in [-0.2, 0) is 6.16 Å². The number of hydrogen-bond donors (Lipinski definition) is 0. The van der Waals surface area contributed by atoms with E-state index in [2.05, 4.69) is 29.2 Å². The van der Waals surface area contributed by atoms with Crippen LogP contribution in [0.1, 0.15) is 5.69 Å². The van der Waals surface area contributed by atoms with Crippen LogP contribution in [-0.4, -0.2) is 4.98 Å². The van der Waals surface area contributed by atoms with Crippen molar-refractivity contribution in [2.45, 2.75) is 6.16 Å². The van der Waals surface area contributed by atoms with E-state index in [4.69, 9.17) is 0 Å². The van der Waals surface area contributed by atoms with E-state index in [1.54, 1.807) is 0 Å². The van der Waals surface area contributed by atoms with Crippen LogP contribution >= 0.6 is 9.24 Å². The normalized spacial score (nSPS) is 10.5. The molecule has 0 aliphatic heterocycles. The topological polar surface area (TPSA) is 12.9 Å². The van der Waals surface area contributed by atoms with Crippen LogP contribution in [0.3, 0.4) is 0 Å². The molecule has 2 heteroatoms. The van der Waals surface area contributed by atoms with E-state index < -0.39 is 0 Å². The van der Waals surface area contributed by atoms with Gasteiger partial charge in [-0.1, -0.05) is 0 Å². The number of aromatic nitrogens is 1. The minimum atomic E-state index is 1.12. The van der Waals surface area contributed by atoms with E-state index in [9.17, 15) is 0 Å². The van der Waals surface area contributed by atoms with Crippen molar-refractivity contribution in [2.75, 3.05) is 0 Å². The molecule has 0 bridgehead atoms. The van der Waals surface area contributed by atoms with E-state index >= 15 is 0 Å². The molecule has 0 atom stereocenters. The summed E-state index contributed by atoms with van der Waals surface area (Å²) in [5, 5.41) is 1.23. The number of hydrogen-bond acceptors (Lipinski definition) is 1. The standard InChI is InChI=1S/C10H12NP/c12-7-9-6-5-8-3-1-2-4-10(8)11-9/h1-6H,7H2,12H4. The van der Waals surface area contributed by atoms with Crippen LogP contribution in [0, 0.1) is 0 Å². The Morgan fingerprint density at radius 3 is 2.75 bits per heavy atom. The zero-order valence-electron chi connectivity index (χ0n) is 7.12. The number of fused-ring (bicyclic) bond motifs is 1. The Labute approximate surface area is 74.0 Å². The maximum atomic E-state index is 4.53. The second kappa shape index (κ2) is 3.20. The van der Waals surface area contributed by atoms with Crippen molar-refractivity contribution in [3.8, 4) is 0 Å². The van der Waals surface area contributed by atoms with Crippen molar-refractivity contribution in [1.82, 2.24) is 4.98 Å². The first kappa shape index (κ1) is 7.70. The molecule has 1 heterocycles. The second-order valence-electron chi connectivity index (χ2n) is 2.85. The Kier molecular flexibility index (Phi) is 2.05. The van der Waals surface area contributed by atoms with Crippen LogP contribution in [0.15, 0.2) is 36.4 Å². The molecule has 2 aromatic rings. The molecule has 2 rings (SSSR count). The molecule has 12 heavy (non-hydrogen) atoms. The summed E-state index contributed by atoms with van der Waals surface area (Å²) in [4.78, 5) is 4.53. The molecule has 1 nitrogen and oxygen atoms in total. The van der Waals surface area contributed by atoms with Crippen LogP contribution in [0.5, 0.6) is 0 Å². The summed E-state index contributed by atoms with van der Waals surface area (Å²) in [5.74, 6) is 0. The fourth-order valence-corrected chi connectivity index (χ4v) is 1.70. The summed E-state index contributed by atoms with van der Waals surface area (Å²) in [5.41, 5.74) is 2.34. The fourth-order valence-electron chi connectivity index (χ4n) is 1.31. The van der Waals surface area contributed by atoms with Crippen molar-refractivity contribution < 1.29 is 0 Å². The van der Waals surface area contributed by atoms with Crippen molar-refractivity contribution in [1.29, 1.82) is 0 Å². The van der Waals surface area contributed by atoms with Crippen LogP contribution < -0.4 is 0 Å². The fraction of sp³-hybridized carbons (Fsp3) is 0.100. The van der Waals surface area contributed by atoms with Gasteiger partial charge in [0.1, 0.15) is 0 Å². The molecule has 0 radical (unpaired) electrons. The molecule has 0 saturated heterocycles. The van der Waals surface area contributed by atoms with Gasteiger partial charge >= 0.3 is 73.4 Å². The van der Waals surface area contributed by atoms with Gasteiger partial charge in [0.2, 0.25) is 0 Å². The van der Waals surface area contributed by atoms with Gasteiger partial charge < -0.3 is 0 Å². The molecule has 1 aromatic carbocycles. The van der Waals surface area contributed by atoms with Crippen LogP contribution in [0.2, 0.25) is 0 Å². The number of para-hydroxylation sites is 1. The first-order valence-corrected chi connectivity index (χ1v) is 5.66. The summed E-state index contributed by atoms with van der Waals surface area (Å²) in [6, 6.07) is 12.5. The van der Waals surface area contributed by atoms with Gasteiger partial charge in [-0.2, -0.15) is 0 Å². The molecule has 0 amide bonds. The van der Waals surface area contributed by atoms with Gasteiger partial charge in [-0.3, -0.25) is 0 Å². The molecule has 1 aromatic heterocycles. The van der Waals surface area contributed by atoms with Crippen molar-refractivity contribution >= 4 is 20.1 Å². The summed E-state index contributed by atoms with van der Waals surface area (Å²) in [6.07, 6.45) is 1.14. The first-order valence-electron chi connectivity index (χ1n) is 4.25. The van der Waals surface area contributed by atoms with E-state index in [0.29, 0.717) is 0 Å². The van der Waals surface area contributed by atoms with Crippen molar-refractivity contribution in [3.63, 3.8) is 0 Å². The van der Waals surface area contributed by atoms with Crippen LogP contribution in [0.4, 0.5) is 0 Å². The number of benzene rings is 1. The monoisotopic (exact) mass is 177 g/mol. The SMILES string of the molecule is [PH4]Cc1ccc2ccccc2n1. The average Bonchev–Trinajstić information content (AvgIpc) is 2.17. The summed E-state index contributed by atoms with van der Waals surface area (Å²) >= 11 is 0. The molecule has 0 spiro atoms. The van der Waals surface area contributed by atoms with Crippen molar-refractivity contribution in [3.05, 3.63) is 42.1 Å². The summed E-state index contributed by atoms with van der Waals surface area (Å²) in [6.45, 7) is 0. The Morgan fingerprint density at radius 2 is 1.92 bits per heavy atom. The van der Waals surface area contributed by atoms with E-state index in [-0.39, 0.29) is 0 Å². The van der Waals surface area contributed by atoms with Gasteiger partial charge in [0.15, 0.2) is 0 Å². The molecule has 0 aliphatic rings. The first-order chi connectivity index (χ1) is 5.90. The Bertz CT molecular complexity index is 398. The molecular formula is C10H12NP. The Morgan fingerprint density at radius 1 is 1.08 bits per heavy atom. The van der Waals surface area contributed by atoms with E-state index in [0.717, 1.165) is 11.7 Å². The third-order valence-corrected chi connectivity index (χ3v) is 2.74.